The lowest BCUT2D eigenvalue weighted by Crippen LogP contribution is -2.12. The van der Waals surface area contributed by atoms with Crippen molar-refractivity contribution in [3.63, 3.8) is 0 Å². The van der Waals surface area contributed by atoms with Crippen LogP contribution in [0.15, 0.2) is 65.1 Å². The third-order valence-electron chi connectivity index (χ3n) is 3.74. The van der Waals surface area contributed by atoms with Crippen molar-refractivity contribution in [2.45, 2.75) is 12.8 Å². The smallest absolute Gasteiger partial charge is 0.224 e. The van der Waals surface area contributed by atoms with Crippen LogP contribution in [0.3, 0.4) is 0 Å². The fraction of sp³-hybridized carbons (Fsp3) is 0.150. The molecule has 1 N–H and O–H groups in total. The third-order valence-corrected chi connectivity index (χ3v) is 3.98. The summed E-state index contributed by atoms with van der Waals surface area (Å²) >= 11 is 5.91. The maximum Gasteiger partial charge on any atom is 0.224 e. The van der Waals surface area contributed by atoms with Crippen LogP contribution in [0.5, 0.6) is 5.75 Å². The average molecular weight is 356 g/mol. The van der Waals surface area contributed by atoms with Crippen molar-refractivity contribution in [1.82, 2.24) is 0 Å². The molecule has 128 valence electrons. The van der Waals surface area contributed by atoms with E-state index in [4.69, 9.17) is 20.8 Å². The molecule has 5 heteroatoms. The fourth-order valence-corrected chi connectivity index (χ4v) is 2.64. The highest BCUT2D eigenvalue weighted by Gasteiger charge is 2.08. The summed E-state index contributed by atoms with van der Waals surface area (Å²) in [6, 6.07) is 18.5. The molecule has 0 aliphatic carbocycles. The number of ether oxygens (including phenoxy) is 1. The Bertz CT molecular complexity index is 855. The van der Waals surface area contributed by atoms with Gasteiger partial charge in [-0.2, -0.15) is 0 Å². The Morgan fingerprint density at radius 3 is 2.64 bits per heavy atom. The minimum atomic E-state index is -0.0790. The summed E-state index contributed by atoms with van der Waals surface area (Å²) in [4.78, 5) is 12.0. The molecule has 0 saturated carbocycles. The van der Waals surface area contributed by atoms with Crippen LogP contribution in [0.4, 0.5) is 5.69 Å². The number of halogens is 1. The molecule has 1 aromatic heterocycles. The predicted octanol–water partition coefficient (Wildman–Crippen LogP) is 5.18. The molecule has 1 amide bonds. The highest BCUT2D eigenvalue weighted by atomic mass is 35.5. The lowest BCUT2D eigenvalue weighted by Gasteiger charge is -2.04. The summed E-state index contributed by atoms with van der Waals surface area (Å²) < 4.78 is 11.0. The van der Waals surface area contributed by atoms with E-state index in [1.165, 1.54) is 0 Å². The molecule has 0 bridgehead atoms. The van der Waals surface area contributed by atoms with E-state index < -0.39 is 0 Å². The summed E-state index contributed by atoms with van der Waals surface area (Å²) in [5, 5.41) is 3.42. The maximum atomic E-state index is 12.0. The monoisotopic (exact) mass is 355 g/mol. The largest absolute Gasteiger partial charge is 0.497 e. The summed E-state index contributed by atoms with van der Waals surface area (Å²) in [6.45, 7) is 0. The summed E-state index contributed by atoms with van der Waals surface area (Å²) in [7, 11) is 1.63. The van der Waals surface area contributed by atoms with Crippen molar-refractivity contribution in [1.29, 1.82) is 0 Å². The van der Waals surface area contributed by atoms with Gasteiger partial charge in [0.25, 0.3) is 0 Å². The number of rotatable bonds is 6. The zero-order chi connectivity index (χ0) is 17.6. The number of anilines is 1. The van der Waals surface area contributed by atoms with E-state index in [0.717, 1.165) is 22.8 Å². The molecule has 0 radical (unpaired) electrons. The van der Waals surface area contributed by atoms with Crippen LogP contribution in [0, 0.1) is 0 Å². The Hall–Kier alpha value is -2.72. The highest BCUT2D eigenvalue weighted by molar-refractivity contribution is 6.30. The number of carbonyl (C=O) groups is 1. The fourth-order valence-electron chi connectivity index (χ4n) is 2.45. The number of furan rings is 1. The van der Waals surface area contributed by atoms with Crippen molar-refractivity contribution >= 4 is 23.2 Å². The van der Waals surface area contributed by atoms with E-state index in [9.17, 15) is 4.79 Å². The number of amides is 1. The van der Waals surface area contributed by atoms with Gasteiger partial charge < -0.3 is 14.5 Å². The summed E-state index contributed by atoms with van der Waals surface area (Å²) in [5.41, 5.74) is 1.66. The molecule has 0 unspecified atom stereocenters. The molecule has 0 fully saturated rings. The summed E-state index contributed by atoms with van der Waals surface area (Å²) in [5.74, 6) is 2.26. The first kappa shape index (κ1) is 17.1. The van der Waals surface area contributed by atoms with Crippen molar-refractivity contribution < 1.29 is 13.9 Å². The number of aryl methyl sites for hydroxylation is 1. The van der Waals surface area contributed by atoms with Crippen molar-refractivity contribution in [2.75, 3.05) is 12.4 Å². The second-order valence-corrected chi connectivity index (χ2v) is 5.99. The molecular formula is C20H18ClNO3. The molecule has 0 spiro atoms. The predicted molar refractivity (Wildman–Crippen MR) is 99.1 cm³/mol. The first-order chi connectivity index (χ1) is 12.1. The van der Waals surface area contributed by atoms with Gasteiger partial charge >= 0.3 is 0 Å². The van der Waals surface area contributed by atoms with Crippen molar-refractivity contribution in [3.8, 4) is 17.1 Å². The second-order valence-electron chi connectivity index (χ2n) is 5.55. The lowest BCUT2D eigenvalue weighted by atomic mass is 10.2. The Labute approximate surface area is 151 Å². The van der Waals surface area contributed by atoms with Crippen LogP contribution in [-0.4, -0.2) is 13.0 Å². The van der Waals surface area contributed by atoms with Crippen LogP contribution in [-0.2, 0) is 11.2 Å². The number of hydrogen-bond donors (Lipinski definition) is 1. The SMILES string of the molecule is COc1ccc(-c2ccc(CCC(=O)Nc3cccc(Cl)c3)o2)cc1. The van der Waals surface area contributed by atoms with Gasteiger partial charge in [0.15, 0.2) is 0 Å². The minimum absolute atomic E-state index is 0.0790. The normalized spacial score (nSPS) is 10.5. The molecule has 3 aromatic rings. The van der Waals surface area contributed by atoms with Crippen LogP contribution >= 0.6 is 11.6 Å². The van der Waals surface area contributed by atoms with Crippen LogP contribution < -0.4 is 10.1 Å². The van der Waals surface area contributed by atoms with Crippen LogP contribution in [0.25, 0.3) is 11.3 Å². The van der Waals surface area contributed by atoms with Gasteiger partial charge in [-0.05, 0) is 54.6 Å². The number of carbonyl (C=O) groups excluding carboxylic acids is 1. The molecule has 3 rings (SSSR count). The van der Waals surface area contributed by atoms with Gasteiger partial charge in [0.05, 0.1) is 7.11 Å². The maximum absolute atomic E-state index is 12.0. The molecule has 0 atom stereocenters. The Balaban J connectivity index is 1.56. The topological polar surface area (TPSA) is 51.5 Å². The van der Waals surface area contributed by atoms with E-state index >= 15 is 0 Å². The molecular weight excluding hydrogens is 338 g/mol. The highest BCUT2D eigenvalue weighted by Crippen LogP contribution is 2.25. The summed E-state index contributed by atoms with van der Waals surface area (Å²) in [6.07, 6.45) is 0.866. The van der Waals surface area contributed by atoms with E-state index in [2.05, 4.69) is 5.32 Å². The quantitative estimate of drug-likeness (QED) is 0.662. The van der Waals surface area contributed by atoms with Gasteiger partial charge in [-0.1, -0.05) is 17.7 Å². The van der Waals surface area contributed by atoms with Gasteiger partial charge in [-0.3, -0.25) is 4.79 Å². The van der Waals surface area contributed by atoms with Crippen LogP contribution in [0.1, 0.15) is 12.2 Å². The third kappa shape index (κ3) is 4.64. The Morgan fingerprint density at radius 1 is 1.12 bits per heavy atom. The molecule has 0 aliphatic rings. The number of hydrogen-bond acceptors (Lipinski definition) is 3. The molecule has 2 aromatic carbocycles. The zero-order valence-electron chi connectivity index (χ0n) is 13.8. The number of nitrogens with one attached hydrogen (secondary N) is 1. The second kappa shape index (κ2) is 7.90. The minimum Gasteiger partial charge on any atom is -0.497 e. The van der Waals surface area contributed by atoms with Gasteiger partial charge in [0, 0.05) is 29.1 Å². The van der Waals surface area contributed by atoms with E-state index in [-0.39, 0.29) is 5.91 Å². The average Bonchev–Trinajstić information content (AvgIpc) is 3.09. The van der Waals surface area contributed by atoms with E-state index in [1.54, 1.807) is 31.4 Å². The molecule has 0 saturated heterocycles. The Morgan fingerprint density at radius 2 is 1.92 bits per heavy atom. The molecule has 0 aliphatic heterocycles. The van der Waals surface area contributed by atoms with Gasteiger partial charge in [-0.25, -0.2) is 0 Å². The van der Waals surface area contributed by atoms with Crippen LogP contribution in [0.2, 0.25) is 5.02 Å². The van der Waals surface area contributed by atoms with E-state index in [1.807, 2.05) is 36.4 Å². The number of methoxy groups -OCH3 is 1. The molecule has 4 nitrogen and oxygen atoms in total. The Kier molecular flexibility index (Phi) is 5.41. The molecule has 1 heterocycles. The molecule has 25 heavy (non-hydrogen) atoms. The standard InChI is InChI=1S/C20H18ClNO3/c1-24-17-7-5-14(6-8-17)19-11-9-18(25-19)10-12-20(23)22-16-4-2-3-15(21)13-16/h2-9,11,13H,10,12H2,1H3,(H,22,23). The van der Waals surface area contributed by atoms with E-state index in [0.29, 0.717) is 23.6 Å². The van der Waals surface area contributed by atoms with Crippen molar-refractivity contribution in [3.05, 3.63) is 71.4 Å². The van der Waals surface area contributed by atoms with Crippen molar-refractivity contribution in [2.24, 2.45) is 0 Å². The lowest BCUT2D eigenvalue weighted by molar-refractivity contribution is -0.116. The first-order valence-corrected chi connectivity index (χ1v) is 8.30. The van der Waals surface area contributed by atoms with Gasteiger partial charge in [-0.15, -0.1) is 0 Å². The zero-order valence-corrected chi connectivity index (χ0v) is 14.5. The van der Waals surface area contributed by atoms with Gasteiger partial charge in [0.1, 0.15) is 17.3 Å². The number of benzene rings is 2. The van der Waals surface area contributed by atoms with Gasteiger partial charge in [0.2, 0.25) is 5.91 Å². The first-order valence-electron chi connectivity index (χ1n) is 7.92.